The SMILES string of the molecule is O=C(NCC1CCCO1)c1cccnc1N1CCOCC1. The molecule has 2 aliphatic rings. The molecule has 0 aromatic carbocycles. The molecule has 2 saturated heterocycles. The molecule has 1 unspecified atom stereocenters. The van der Waals surface area contributed by atoms with E-state index in [1.807, 2.05) is 6.07 Å². The largest absolute Gasteiger partial charge is 0.378 e. The van der Waals surface area contributed by atoms with Crippen LogP contribution in [-0.2, 0) is 9.47 Å². The van der Waals surface area contributed by atoms with Gasteiger partial charge in [-0.3, -0.25) is 4.79 Å². The predicted octanol–water partition coefficient (Wildman–Crippen LogP) is 0.827. The summed E-state index contributed by atoms with van der Waals surface area (Å²) in [5.74, 6) is 0.658. The first kappa shape index (κ1) is 14.3. The molecule has 0 bridgehead atoms. The summed E-state index contributed by atoms with van der Waals surface area (Å²) in [7, 11) is 0. The van der Waals surface area contributed by atoms with E-state index in [1.165, 1.54) is 0 Å². The van der Waals surface area contributed by atoms with Gasteiger partial charge in [0.05, 0.1) is 24.9 Å². The lowest BCUT2D eigenvalue weighted by Gasteiger charge is -2.29. The summed E-state index contributed by atoms with van der Waals surface area (Å²) in [6.07, 6.45) is 3.97. The van der Waals surface area contributed by atoms with E-state index in [4.69, 9.17) is 9.47 Å². The Morgan fingerprint density at radius 3 is 3.00 bits per heavy atom. The molecular weight excluding hydrogens is 270 g/mol. The highest BCUT2D eigenvalue weighted by atomic mass is 16.5. The molecule has 0 radical (unpaired) electrons. The molecule has 1 atom stereocenters. The van der Waals surface area contributed by atoms with Crippen molar-refractivity contribution in [1.82, 2.24) is 10.3 Å². The second-order valence-electron chi connectivity index (χ2n) is 5.32. The third-order valence-corrected chi connectivity index (χ3v) is 3.86. The quantitative estimate of drug-likeness (QED) is 0.890. The van der Waals surface area contributed by atoms with Crippen molar-refractivity contribution in [3.05, 3.63) is 23.9 Å². The van der Waals surface area contributed by atoms with Gasteiger partial charge in [0.2, 0.25) is 0 Å². The van der Waals surface area contributed by atoms with E-state index >= 15 is 0 Å². The Bertz CT molecular complexity index is 483. The van der Waals surface area contributed by atoms with E-state index < -0.39 is 0 Å². The number of hydrogen-bond donors (Lipinski definition) is 1. The van der Waals surface area contributed by atoms with E-state index in [9.17, 15) is 4.79 Å². The molecule has 21 heavy (non-hydrogen) atoms. The molecule has 3 heterocycles. The Morgan fingerprint density at radius 2 is 2.24 bits per heavy atom. The highest BCUT2D eigenvalue weighted by molar-refractivity contribution is 5.98. The summed E-state index contributed by atoms with van der Waals surface area (Å²) in [5.41, 5.74) is 0.623. The second-order valence-corrected chi connectivity index (χ2v) is 5.32. The van der Waals surface area contributed by atoms with Gasteiger partial charge < -0.3 is 19.7 Å². The summed E-state index contributed by atoms with van der Waals surface area (Å²) in [6, 6.07) is 3.62. The number of nitrogens with one attached hydrogen (secondary N) is 1. The number of ether oxygens (including phenoxy) is 2. The standard InChI is InChI=1S/C15H21N3O3/c19-15(17-11-12-3-2-8-21-12)13-4-1-5-16-14(13)18-6-9-20-10-7-18/h1,4-5,12H,2-3,6-11H2,(H,17,19). The summed E-state index contributed by atoms with van der Waals surface area (Å²) in [6.45, 7) is 4.25. The zero-order valence-electron chi connectivity index (χ0n) is 12.1. The zero-order chi connectivity index (χ0) is 14.5. The highest BCUT2D eigenvalue weighted by Crippen LogP contribution is 2.18. The van der Waals surface area contributed by atoms with Gasteiger partial charge in [-0.15, -0.1) is 0 Å². The van der Waals surface area contributed by atoms with Crippen molar-refractivity contribution in [3.8, 4) is 0 Å². The fourth-order valence-electron chi connectivity index (χ4n) is 2.71. The maximum Gasteiger partial charge on any atom is 0.255 e. The minimum absolute atomic E-state index is 0.0832. The molecule has 114 valence electrons. The van der Waals surface area contributed by atoms with Gasteiger partial charge in [-0.25, -0.2) is 4.98 Å². The van der Waals surface area contributed by atoms with E-state index in [0.717, 1.165) is 38.4 Å². The number of amides is 1. The van der Waals surface area contributed by atoms with Gasteiger partial charge >= 0.3 is 0 Å². The second kappa shape index (κ2) is 6.87. The summed E-state index contributed by atoms with van der Waals surface area (Å²) in [4.78, 5) is 18.9. The fourth-order valence-corrected chi connectivity index (χ4v) is 2.71. The monoisotopic (exact) mass is 291 g/mol. The molecule has 0 spiro atoms. The lowest BCUT2D eigenvalue weighted by atomic mass is 10.2. The van der Waals surface area contributed by atoms with E-state index in [2.05, 4.69) is 15.2 Å². The smallest absolute Gasteiger partial charge is 0.255 e. The van der Waals surface area contributed by atoms with Gasteiger partial charge in [0.25, 0.3) is 5.91 Å². The molecule has 3 rings (SSSR count). The number of rotatable bonds is 4. The maximum atomic E-state index is 12.4. The van der Waals surface area contributed by atoms with Crippen LogP contribution < -0.4 is 10.2 Å². The summed E-state index contributed by atoms with van der Waals surface area (Å²) >= 11 is 0. The fraction of sp³-hybridized carbons (Fsp3) is 0.600. The van der Waals surface area contributed by atoms with Crippen molar-refractivity contribution in [3.63, 3.8) is 0 Å². The Kier molecular flexibility index (Phi) is 4.67. The lowest BCUT2D eigenvalue weighted by Crippen LogP contribution is -2.39. The first-order chi connectivity index (χ1) is 10.3. The topological polar surface area (TPSA) is 63.7 Å². The van der Waals surface area contributed by atoms with Crippen LogP contribution in [0.3, 0.4) is 0 Å². The van der Waals surface area contributed by atoms with Crippen molar-refractivity contribution < 1.29 is 14.3 Å². The normalized spacial score (nSPS) is 22.3. The van der Waals surface area contributed by atoms with Gasteiger partial charge in [-0.2, -0.15) is 0 Å². The van der Waals surface area contributed by atoms with Crippen molar-refractivity contribution in [2.24, 2.45) is 0 Å². The minimum atomic E-state index is -0.0832. The van der Waals surface area contributed by atoms with E-state index in [-0.39, 0.29) is 12.0 Å². The van der Waals surface area contributed by atoms with Gasteiger partial charge in [0.15, 0.2) is 0 Å². The van der Waals surface area contributed by atoms with Crippen LogP contribution in [0.1, 0.15) is 23.2 Å². The Labute approximate surface area is 124 Å². The number of carbonyl (C=O) groups excluding carboxylic acids is 1. The molecule has 0 saturated carbocycles. The molecule has 6 nitrogen and oxygen atoms in total. The van der Waals surface area contributed by atoms with Crippen LogP contribution in [-0.4, -0.2) is 56.5 Å². The van der Waals surface area contributed by atoms with Crippen molar-refractivity contribution >= 4 is 11.7 Å². The third kappa shape index (κ3) is 3.51. The van der Waals surface area contributed by atoms with Crippen molar-refractivity contribution in [2.45, 2.75) is 18.9 Å². The predicted molar refractivity (Wildman–Crippen MR) is 78.6 cm³/mol. The number of carbonyl (C=O) groups is 1. The van der Waals surface area contributed by atoms with Crippen LogP contribution in [0.5, 0.6) is 0 Å². The van der Waals surface area contributed by atoms with Crippen molar-refractivity contribution in [1.29, 1.82) is 0 Å². The molecule has 1 amide bonds. The van der Waals surface area contributed by atoms with Crippen LogP contribution in [0.4, 0.5) is 5.82 Å². The van der Waals surface area contributed by atoms with Gasteiger partial charge in [0.1, 0.15) is 5.82 Å². The number of morpholine rings is 1. The zero-order valence-corrected chi connectivity index (χ0v) is 12.1. The number of pyridine rings is 1. The Morgan fingerprint density at radius 1 is 1.38 bits per heavy atom. The third-order valence-electron chi connectivity index (χ3n) is 3.86. The highest BCUT2D eigenvalue weighted by Gasteiger charge is 2.21. The van der Waals surface area contributed by atoms with Crippen LogP contribution >= 0.6 is 0 Å². The molecule has 1 N–H and O–H groups in total. The van der Waals surface area contributed by atoms with Crippen LogP contribution in [0, 0.1) is 0 Å². The van der Waals surface area contributed by atoms with Gasteiger partial charge in [0, 0.05) is 32.4 Å². The van der Waals surface area contributed by atoms with Crippen LogP contribution in [0.2, 0.25) is 0 Å². The first-order valence-corrected chi connectivity index (χ1v) is 7.52. The maximum absolute atomic E-state index is 12.4. The average Bonchev–Trinajstić information content (AvgIpc) is 3.07. The molecule has 6 heteroatoms. The van der Waals surface area contributed by atoms with Gasteiger partial charge in [-0.1, -0.05) is 0 Å². The lowest BCUT2D eigenvalue weighted by molar-refractivity contribution is 0.0856. The molecular formula is C15H21N3O3. The molecule has 1 aromatic heterocycles. The average molecular weight is 291 g/mol. The van der Waals surface area contributed by atoms with Crippen LogP contribution in [0.15, 0.2) is 18.3 Å². The van der Waals surface area contributed by atoms with Crippen molar-refractivity contribution in [2.75, 3.05) is 44.4 Å². The number of aromatic nitrogens is 1. The minimum Gasteiger partial charge on any atom is -0.378 e. The van der Waals surface area contributed by atoms with Gasteiger partial charge in [-0.05, 0) is 25.0 Å². The molecule has 2 fully saturated rings. The molecule has 0 aliphatic carbocycles. The number of hydrogen-bond acceptors (Lipinski definition) is 5. The first-order valence-electron chi connectivity index (χ1n) is 7.52. The molecule has 2 aliphatic heterocycles. The number of nitrogens with zero attached hydrogens (tertiary/aromatic N) is 2. The summed E-state index contributed by atoms with van der Waals surface area (Å²) < 4.78 is 10.9. The summed E-state index contributed by atoms with van der Waals surface area (Å²) in [5, 5.41) is 2.96. The van der Waals surface area contributed by atoms with Crippen LogP contribution in [0.25, 0.3) is 0 Å². The Hall–Kier alpha value is -1.66. The molecule has 1 aromatic rings. The Balaban J connectivity index is 1.66. The van der Waals surface area contributed by atoms with E-state index in [1.54, 1.807) is 12.3 Å². The van der Waals surface area contributed by atoms with E-state index in [0.29, 0.717) is 25.3 Å². The number of anilines is 1.